The van der Waals surface area contributed by atoms with Gasteiger partial charge in [-0.1, -0.05) is 6.08 Å². The maximum Gasteiger partial charge on any atom is 0.0376 e. The maximum absolute atomic E-state index is 3.72. The summed E-state index contributed by atoms with van der Waals surface area (Å²) in [4.78, 5) is 0. The van der Waals surface area contributed by atoms with Crippen molar-refractivity contribution >= 4 is 0 Å². The molecule has 52 valence electrons. The van der Waals surface area contributed by atoms with Crippen LogP contribution in [0.2, 0.25) is 0 Å². The van der Waals surface area contributed by atoms with Crippen LogP contribution in [0.4, 0.5) is 0 Å². The normalized spacial score (nSPS) is 36.1. The quantitative estimate of drug-likeness (QED) is 0.488. The number of piperazine rings is 1. The molecular formula is C7H14N2. The highest BCUT2D eigenvalue weighted by atomic mass is 15.1. The van der Waals surface area contributed by atoms with Crippen LogP contribution in [-0.4, -0.2) is 25.2 Å². The molecular weight excluding hydrogens is 112 g/mol. The zero-order valence-corrected chi connectivity index (χ0v) is 5.85. The predicted molar refractivity (Wildman–Crippen MR) is 39.5 cm³/mol. The van der Waals surface area contributed by atoms with E-state index < -0.39 is 0 Å². The van der Waals surface area contributed by atoms with E-state index in [-0.39, 0.29) is 0 Å². The smallest absolute Gasteiger partial charge is 0.0376 e. The second-order valence-electron chi connectivity index (χ2n) is 2.57. The summed E-state index contributed by atoms with van der Waals surface area (Å²) in [6.07, 6.45) is 1.95. The van der Waals surface area contributed by atoms with Crippen molar-refractivity contribution in [3.63, 3.8) is 0 Å². The van der Waals surface area contributed by atoms with Crippen LogP contribution in [0.25, 0.3) is 0 Å². The first-order valence-corrected chi connectivity index (χ1v) is 3.42. The van der Waals surface area contributed by atoms with Gasteiger partial charge >= 0.3 is 0 Å². The molecule has 0 bridgehead atoms. The Morgan fingerprint density at radius 3 is 2.78 bits per heavy atom. The van der Waals surface area contributed by atoms with Crippen LogP contribution >= 0.6 is 0 Å². The molecule has 1 fully saturated rings. The Kier molecular flexibility index (Phi) is 2.25. The molecule has 1 rings (SSSR count). The molecule has 0 aromatic rings. The van der Waals surface area contributed by atoms with Crippen molar-refractivity contribution in [3.8, 4) is 0 Å². The summed E-state index contributed by atoms with van der Waals surface area (Å²) in [5.41, 5.74) is 0. The van der Waals surface area contributed by atoms with Crippen LogP contribution < -0.4 is 10.6 Å². The van der Waals surface area contributed by atoms with E-state index in [0.717, 1.165) is 13.1 Å². The lowest BCUT2D eigenvalue weighted by Gasteiger charge is -2.27. The largest absolute Gasteiger partial charge is 0.313 e. The average Bonchev–Trinajstić information content (AvgIpc) is 1.88. The van der Waals surface area contributed by atoms with Gasteiger partial charge in [0.2, 0.25) is 0 Å². The zero-order valence-electron chi connectivity index (χ0n) is 5.85. The van der Waals surface area contributed by atoms with Crippen LogP contribution in [0.5, 0.6) is 0 Å². The lowest BCUT2D eigenvalue weighted by Crippen LogP contribution is -2.52. The van der Waals surface area contributed by atoms with E-state index in [0.29, 0.717) is 12.1 Å². The van der Waals surface area contributed by atoms with Crippen molar-refractivity contribution in [2.24, 2.45) is 0 Å². The van der Waals surface area contributed by atoms with Crippen LogP contribution in [0.1, 0.15) is 6.92 Å². The van der Waals surface area contributed by atoms with E-state index >= 15 is 0 Å². The monoisotopic (exact) mass is 126 g/mol. The summed E-state index contributed by atoms with van der Waals surface area (Å²) in [6, 6.07) is 1.05. The number of nitrogens with one attached hydrogen (secondary N) is 2. The molecule has 0 spiro atoms. The molecule has 2 nitrogen and oxygen atoms in total. The number of hydrogen-bond donors (Lipinski definition) is 2. The zero-order chi connectivity index (χ0) is 6.69. The van der Waals surface area contributed by atoms with Gasteiger partial charge in [-0.15, -0.1) is 6.58 Å². The van der Waals surface area contributed by atoms with Gasteiger partial charge in [0.05, 0.1) is 0 Å². The molecule has 0 aliphatic carbocycles. The first-order valence-electron chi connectivity index (χ1n) is 3.42. The number of hydrogen-bond acceptors (Lipinski definition) is 2. The molecule has 1 aliphatic rings. The Balaban J connectivity index is 2.31. The fraction of sp³-hybridized carbons (Fsp3) is 0.714. The molecule has 1 heterocycles. The van der Waals surface area contributed by atoms with Crippen molar-refractivity contribution in [2.75, 3.05) is 13.1 Å². The molecule has 0 unspecified atom stereocenters. The highest BCUT2D eigenvalue weighted by Crippen LogP contribution is 1.92. The SMILES string of the molecule is C=C[C@H]1CNC[C@H](C)N1. The highest BCUT2D eigenvalue weighted by Gasteiger charge is 2.12. The number of rotatable bonds is 1. The Morgan fingerprint density at radius 2 is 2.33 bits per heavy atom. The molecule has 0 aromatic heterocycles. The van der Waals surface area contributed by atoms with Gasteiger partial charge < -0.3 is 10.6 Å². The van der Waals surface area contributed by atoms with Gasteiger partial charge in [-0.25, -0.2) is 0 Å². The minimum Gasteiger partial charge on any atom is -0.313 e. The van der Waals surface area contributed by atoms with Gasteiger partial charge in [-0.3, -0.25) is 0 Å². The summed E-state index contributed by atoms with van der Waals surface area (Å²) in [5, 5.41) is 6.69. The third-order valence-electron chi connectivity index (χ3n) is 1.60. The Labute approximate surface area is 56.3 Å². The molecule has 2 N–H and O–H groups in total. The van der Waals surface area contributed by atoms with Gasteiger partial charge in [-0.2, -0.15) is 0 Å². The summed E-state index contributed by atoms with van der Waals surface area (Å²) < 4.78 is 0. The molecule has 0 amide bonds. The first-order chi connectivity index (χ1) is 4.33. The van der Waals surface area contributed by atoms with Crippen LogP contribution in [0.3, 0.4) is 0 Å². The summed E-state index contributed by atoms with van der Waals surface area (Å²) in [7, 11) is 0. The second-order valence-corrected chi connectivity index (χ2v) is 2.57. The van der Waals surface area contributed by atoms with Crippen molar-refractivity contribution in [1.29, 1.82) is 0 Å². The minimum atomic E-state index is 0.466. The predicted octanol–water partition coefficient (Wildman–Crippen LogP) is 0.122. The molecule has 0 radical (unpaired) electrons. The van der Waals surface area contributed by atoms with Gasteiger partial charge in [0, 0.05) is 25.2 Å². The van der Waals surface area contributed by atoms with Crippen molar-refractivity contribution in [2.45, 2.75) is 19.0 Å². The summed E-state index contributed by atoms with van der Waals surface area (Å²) in [6.45, 7) is 7.98. The lowest BCUT2D eigenvalue weighted by molar-refractivity contribution is 0.393. The molecule has 1 saturated heterocycles. The highest BCUT2D eigenvalue weighted by molar-refractivity contribution is 4.92. The summed E-state index contributed by atoms with van der Waals surface area (Å²) >= 11 is 0. The van der Waals surface area contributed by atoms with Gasteiger partial charge in [-0.05, 0) is 6.92 Å². The Hall–Kier alpha value is -0.340. The van der Waals surface area contributed by atoms with Crippen molar-refractivity contribution < 1.29 is 0 Å². The summed E-state index contributed by atoms with van der Waals surface area (Å²) in [5.74, 6) is 0. The van der Waals surface area contributed by atoms with E-state index in [1.165, 1.54) is 0 Å². The van der Waals surface area contributed by atoms with E-state index in [1.807, 2.05) is 6.08 Å². The minimum absolute atomic E-state index is 0.466. The van der Waals surface area contributed by atoms with E-state index in [1.54, 1.807) is 0 Å². The van der Waals surface area contributed by atoms with E-state index in [9.17, 15) is 0 Å². The lowest BCUT2D eigenvalue weighted by atomic mass is 10.2. The molecule has 9 heavy (non-hydrogen) atoms. The molecule has 0 aromatic carbocycles. The van der Waals surface area contributed by atoms with E-state index in [4.69, 9.17) is 0 Å². The van der Waals surface area contributed by atoms with Gasteiger partial charge in [0.25, 0.3) is 0 Å². The van der Waals surface area contributed by atoms with Crippen LogP contribution in [0, 0.1) is 0 Å². The topological polar surface area (TPSA) is 24.1 Å². The van der Waals surface area contributed by atoms with Gasteiger partial charge in [0.1, 0.15) is 0 Å². The maximum atomic E-state index is 3.72. The van der Waals surface area contributed by atoms with Crippen molar-refractivity contribution in [3.05, 3.63) is 12.7 Å². The molecule has 0 saturated carbocycles. The van der Waals surface area contributed by atoms with Crippen LogP contribution in [0.15, 0.2) is 12.7 Å². The molecule has 2 heteroatoms. The second kappa shape index (κ2) is 2.99. The average molecular weight is 126 g/mol. The Bertz CT molecular complexity index is 101. The third-order valence-corrected chi connectivity index (χ3v) is 1.60. The third kappa shape index (κ3) is 1.80. The Morgan fingerprint density at radius 1 is 1.56 bits per heavy atom. The van der Waals surface area contributed by atoms with Gasteiger partial charge in [0.15, 0.2) is 0 Å². The molecule has 1 aliphatic heterocycles. The first kappa shape index (κ1) is 6.78. The van der Waals surface area contributed by atoms with E-state index in [2.05, 4.69) is 24.1 Å². The fourth-order valence-corrected chi connectivity index (χ4v) is 1.09. The van der Waals surface area contributed by atoms with Crippen molar-refractivity contribution in [1.82, 2.24) is 10.6 Å². The standard InChI is InChI=1S/C7H14N2/c1-3-7-5-8-4-6(2)9-7/h3,6-9H,1,4-5H2,2H3/t6-,7-/m0/s1. The molecule has 2 atom stereocenters. The van der Waals surface area contributed by atoms with Crippen LogP contribution in [-0.2, 0) is 0 Å². The fourth-order valence-electron chi connectivity index (χ4n) is 1.09.